The molecule has 0 fully saturated rings. The molecule has 0 aliphatic heterocycles. The summed E-state index contributed by atoms with van der Waals surface area (Å²) in [7, 11) is 0. The number of fused-ring (bicyclic) bond motifs is 1. The average Bonchev–Trinajstić information content (AvgIpc) is 2.88. The van der Waals surface area contributed by atoms with E-state index < -0.39 is 0 Å². The molecule has 0 amide bonds. The van der Waals surface area contributed by atoms with Crippen LogP contribution in [-0.2, 0) is 0 Å². The summed E-state index contributed by atoms with van der Waals surface area (Å²) < 4.78 is 0. The van der Waals surface area contributed by atoms with Gasteiger partial charge in [-0.2, -0.15) is 0 Å². The molecule has 102 valence electrons. The predicted octanol–water partition coefficient (Wildman–Crippen LogP) is 2.08. The van der Waals surface area contributed by atoms with Gasteiger partial charge in [0.25, 0.3) is 0 Å². The van der Waals surface area contributed by atoms with Crippen LogP contribution < -0.4 is 5.32 Å². The molecular weight excluding hydrogens is 278 g/mol. The number of halogens is 1. The van der Waals surface area contributed by atoms with E-state index in [2.05, 4.69) is 25.3 Å². The third-order valence-electron chi connectivity index (χ3n) is 2.82. The summed E-state index contributed by atoms with van der Waals surface area (Å²) in [5.41, 5.74) is 2.40. The zero-order valence-electron chi connectivity index (χ0n) is 10.5. The Balaban J connectivity index is 2.07. The van der Waals surface area contributed by atoms with E-state index in [1.807, 2.05) is 18.3 Å². The summed E-state index contributed by atoms with van der Waals surface area (Å²) in [6, 6.07) is 5.53. The molecule has 0 aliphatic carbocycles. The Bertz CT molecular complexity index is 742. The highest BCUT2D eigenvalue weighted by molar-refractivity contribution is 6.29. The average molecular weight is 290 g/mol. The van der Waals surface area contributed by atoms with Gasteiger partial charge in [0.2, 0.25) is 5.95 Å². The van der Waals surface area contributed by atoms with E-state index in [1.165, 1.54) is 0 Å². The monoisotopic (exact) mass is 289 g/mol. The van der Waals surface area contributed by atoms with Crippen LogP contribution >= 0.6 is 11.6 Å². The maximum absolute atomic E-state index is 8.83. The number of hydrogen-bond donors (Lipinski definition) is 3. The van der Waals surface area contributed by atoms with Crippen molar-refractivity contribution >= 4 is 28.6 Å². The molecule has 0 aromatic carbocycles. The smallest absolute Gasteiger partial charge is 0.224 e. The van der Waals surface area contributed by atoms with Gasteiger partial charge in [-0.05, 0) is 12.1 Å². The maximum atomic E-state index is 8.83. The van der Waals surface area contributed by atoms with Gasteiger partial charge in [0.15, 0.2) is 0 Å². The number of aromatic amines is 1. The van der Waals surface area contributed by atoms with Crippen molar-refractivity contribution in [3.63, 3.8) is 0 Å². The van der Waals surface area contributed by atoms with Crippen LogP contribution in [0.3, 0.4) is 0 Å². The van der Waals surface area contributed by atoms with Gasteiger partial charge in [-0.1, -0.05) is 11.6 Å². The number of pyridine rings is 1. The molecule has 0 unspecified atom stereocenters. The maximum Gasteiger partial charge on any atom is 0.224 e. The number of aliphatic hydroxyl groups excluding tert-OH is 1. The van der Waals surface area contributed by atoms with E-state index in [9.17, 15) is 0 Å². The second-order valence-electron chi connectivity index (χ2n) is 4.15. The topological polar surface area (TPSA) is 86.7 Å². The highest BCUT2D eigenvalue weighted by Crippen LogP contribution is 2.28. The van der Waals surface area contributed by atoms with Gasteiger partial charge in [-0.25, -0.2) is 15.0 Å². The van der Waals surface area contributed by atoms with E-state index in [0.29, 0.717) is 23.3 Å². The summed E-state index contributed by atoms with van der Waals surface area (Å²) in [6.45, 7) is 0.372. The van der Waals surface area contributed by atoms with Crippen LogP contribution in [0.4, 0.5) is 5.95 Å². The first-order valence-electron chi connectivity index (χ1n) is 6.10. The summed E-state index contributed by atoms with van der Waals surface area (Å²) in [5.74, 6) is 0.389. The number of nitrogens with zero attached hydrogens (tertiary/aromatic N) is 3. The largest absolute Gasteiger partial charge is 0.395 e. The number of rotatable bonds is 4. The van der Waals surface area contributed by atoms with Crippen molar-refractivity contribution in [3.05, 3.63) is 35.7 Å². The summed E-state index contributed by atoms with van der Waals surface area (Å²) in [4.78, 5) is 15.8. The van der Waals surface area contributed by atoms with Crippen LogP contribution in [0.15, 0.2) is 30.6 Å². The van der Waals surface area contributed by atoms with E-state index in [0.717, 1.165) is 16.6 Å². The normalized spacial score (nSPS) is 10.9. The van der Waals surface area contributed by atoms with Gasteiger partial charge >= 0.3 is 0 Å². The van der Waals surface area contributed by atoms with E-state index in [-0.39, 0.29) is 6.61 Å². The molecule has 0 bridgehead atoms. The minimum Gasteiger partial charge on any atom is -0.395 e. The van der Waals surface area contributed by atoms with Crippen LogP contribution in [0.5, 0.6) is 0 Å². The molecule has 7 heteroatoms. The van der Waals surface area contributed by atoms with E-state index in [4.69, 9.17) is 16.7 Å². The number of aliphatic hydroxyl groups is 1. The van der Waals surface area contributed by atoms with Gasteiger partial charge in [0.05, 0.1) is 12.3 Å². The highest BCUT2D eigenvalue weighted by atomic mass is 35.5. The van der Waals surface area contributed by atoms with Crippen molar-refractivity contribution in [3.8, 4) is 11.3 Å². The summed E-state index contributed by atoms with van der Waals surface area (Å²) in [5, 5.41) is 13.0. The molecule has 0 spiro atoms. The van der Waals surface area contributed by atoms with Crippen molar-refractivity contribution in [2.45, 2.75) is 0 Å². The first kappa shape index (κ1) is 12.8. The highest BCUT2D eigenvalue weighted by Gasteiger charge is 2.10. The lowest BCUT2D eigenvalue weighted by Crippen LogP contribution is -2.09. The Morgan fingerprint density at radius 2 is 2.25 bits per heavy atom. The Morgan fingerprint density at radius 3 is 3.10 bits per heavy atom. The molecule has 20 heavy (non-hydrogen) atoms. The van der Waals surface area contributed by atoms with Crippen LogP contribution in [-0.4, -0.2) is 38.2 Å². The minimum atomic E-state index is 0.00219. The van der Waals surface area contributed by atoms with Crippen LogP contribution in [0.2, 0.25) is 5.15 Å². The fraction of sp³-hybridized carbons (Fsp3) is 0.154. The Hall–Kier alpha value is -2.18. The third kappa shape index (κ3) is 2.43. The van der Waals surface area contributed by atoms with Gasteiger partial charge < -0.3 is 15.4 Å². The number of nitrogens with one attached hydrogen (secondary N) is 2. The molecule has 0 saturated heterocycles. The molecule has 6 nitrogen and oxygen atoms in total. The number of anilines is 1. The van der Waals surface area contributed by atoms with Gasteiger partial charge in [-0.3, -0.25) is 0 Å². The first-order chi connectivity index (χ1) is 9.78. The zero-order valence-corrected chi connectivity index (χ0v) is 11.2. The standard InChI is InChI=1S/C13H12ClN5O/c14-11-6-10(18-13(19-11)16-4-5-20)9-7-17-12-8(9)2-1-3-15-12/h1-3,6-7,20H,4-5H2,(H,15,17)(H,16,18,19). The van der Waals surface area contributed by atoms with Crippen LogP contribution in [0, 0.1) is 0 Å². The molecule has 0 saturated carbocycles. The second kappa shape index (κ2) is 5.44. The Labute approximate surface area is 119 Å². The Kier molecular flexibility index (Phi) is 3.49. The lowest BCUT2D eigenvalue weighted by molar-refractivity contribution is 0.311. The second-order valence-corrected chi connectivity index (χ2v) is 4.54. The van der Waals surface area contributed by atoms with Crippen LogP contribution in [0.1, 0.15) is 0 Å². The van der Waals surface area contributed by atoms with E-state index >= 15 is 0 Å². The number of H-pyrrole nitrogens is 1. The minimum absolute atomic E-state index is 0.00219. The molecule has 0 atom stereocenters. The van der Waals surface area contributed by atoms with Crippen LogP contribution in [0.25, 0.3) is 22.3 Å². The summed E-state index contributed by atoms with van der Waals surface area (Å²) in [6.07, 6.45) is 3.57. The quantitative estimate of drug-likeness (QED) is 0.640. The van der Waals surface area contributed by atoms with Crippen molar-refractivity contribution in [1.29, 1.82) is 0 Å². The molecule has 3 heterocycles. The van der Waals surface area contributed by atoms with Gasteiger partial charge in [-0.15, -0.1) is 0 Å². The molecule has 3 rings (SSSR count). The SMILES string of the molecule is OCCNc1nc(Cl)cc(-c2c[nH]c3ncccc23)n1. The molecule has 3 N–H and O–H groups in total. The Morgan fingerprint density at radius 1 is 1.35 bits per heavy atom. The fourth-order valence-electron chi connectivity index (χ4n) is 1.97. The van der Waals surface area contributed by atoms with Crippen molar-refractivity contribution in [1.82, 2.24) is 19.9 Å². The number of aromatic nitrogens is 4. The van der Waals surface area contributed by atoms with Crippen molar-refractivity contribution in [2.24, 2.45) is 0 Å². The van der Waals surface area contributed by atoms with Gasteiger partial charge in [0, 0.05) is 36.0 Å². The molecule has 0 radical (unpaired) electrons. The first-order valence-corrected chi connectivity index (χ1v) is 6.47. The zero-order chi connectivity index (χ0) is 13.9. The lowest BCUT2D eigenvalue weighted by Gasteiger charge is -2.05. The predicted molar refractivity (Wildman–Crippen MR) is 77.7 cm³/mol. The van der Waals surface area contributed by atoms with Crippen molar-refractivity contribution < 1.29 is 5.11 Å². The molecule has 3 aromatic heterocycles. The third-order valence-corrected chi connectivity index (χ3v) is 3.01. The number of hydrogen-bond acceptors (Lipinski definition) is 5. The molecular formula is C13H12ClN5O. The summed E-state index contributed by atoms with van der Waals surface area (Å²) >= 11 is 6.02. The van der Waals surface area contributed by atoms with Crippen molar-refractivity contribution in [2.75, 3.05) is 18.5 Å². The lowest BCUT2D eigenvalue weighted by atomic mass is 10.1. The molecule has 0 aliphatic rings. The molecule has 3 aromatic rings. The fourth-order valence-corrected chi connectivity index (χ4v) is 2.15. The van der Waals surface area contributed by atoms with Gasteiger partial charge in [0.1, 0.15) is 10.8 Å². The van der Waals surface area contributed by atoms with E-state index in [1.54, 1.807) is 12.3 Å².